The van der Waals surface area contributed by atoms with Crippen molar-refractivity contribution in [2.45, 2.75) is 30.0 Å². The summed E-state index contributed by atoms with van der Waals surface area (Å²) in [6.45, 7) is -0.179. The first-order valence-electron chi connectivity index (χ1n) is 11.4. The first kappa shape index (κ1) is 23.2. The fraction of sp³-hybridized carbons (Fsp3) is 0.333. The third-order valence-corrected chi connectivity index (χ3v) is 7.17. The molecule has 5 rings (SSSR count). The molecule has 1 aliphatic heterocycles. The fourth-order valence-electron chi connectivity index (χ4n) is 5.91. The topological polar surface area (TPSA) is 87.4 Å². The van der Waals surface area contributed by atoms with Crippen LogP contribution in [0.25, 0.3) is 0 Å². The Morgan fingerprint density at radius 1 is 1.20 bits per heavy atom. The molecule has 1 saturated carbocycles. The maximum absolute atomic E-state index is 13.0. The number of pyridine rings is 1. The van der Waals surface area contributed by atoms with E-state index in [1.807, 2.05) is 30.3 Å². The summed E-state index contributed by atoms with van der Waals surface area (Å²) in [6, 6.07) is 18.7. The van der Waals surface area contributed by atoms with Gasteiger partial charge in [0.15, 0.2) is 5.60 Å². The highest BCUT2D eigenvalue weighted by Crippen LogP contribution is 2.69. The van der Waals surface area contributed by atoms with E-state index in [-0.39, 0.29) is 18.9 Å². The minimum atomic E-state index is -2.48. The molecular weight excluding hydrogens is 452 g/mol. The Labute approximate surface area is 202 Å². The van der Waals surface area contributed by atoms with Crippen LogP contribution in [-0.4, -0.2) is 36.7 Å². The highest BCUT2D eigenvalue weighted by Gasteiger charge is 2.72. The highest BCUT2D eigenvalue weighted by molar-refractivity contribution is 5.58. The molecule has 2 aliphatic rings. The van der Waals surface area contributed by atoms with Crippen LogP contribution in [0.4, 0.5) is 8.78 Å². The molecular formula is C27H25F2N3O3. The van der Waals surface area contributed by atoms with Crippen molar-refractivity contribution < 1.29 is 23.4 Å². The van der Waals surface area contributed by atoms with Gasteiger partial charge in [-0.1, -0.05) is 42.5 Å². The van der Waals surface area contributed by atoms with E-state index in [9.17, 15) is 19.1 Å². The molecule has 2 heterocycles. The Kier molecular flexibility index (Phi) is 5.91. The minimum Gasteiger partial charge on any atom is -0.495 e. The molecule has 3 aromatic rings. The number of hydrogen-bond acceptors (Lipinski definition) is 6. The first-order valence-corrected chi connectivity index (χ1v) is 11.4. The Morgan fingerprint density at radius 3 is 2.60 bits per heavy atom. The van der Waals surface area contributed by atoms with E-state index in [1.165, 1.54) is 13.3 Å². The van der Waals surface area contributed by atoms with Crippen LogP contribution < -0.4 is 14.8 Å². The molecule has 8 heteroatoms. The number of nitrogens with zero attached hydrogens (tertiary/aromatic N) is 2. The van der Waals surface area contributed by atoms with Gasteiger partial charge in [0.2, 0.25) is 0 Å². The summed E-state index contributed by atoms with van der Waals surface area (Å²) in [6.07, 6.45) is 0.862. The first-order chi connectivity index (χ1) is 16.9. The summed E-state index contributed by atoms with van der Waals surface area (Å²) in [5.74, 6) is 0.163. The number of hydrogen-bond donors (Lipinski definition) is 2. The number of rotatable bonds is 7. The van der Waals surface area contributed by atoms with Crippen molar-refractivity contribution in [1.29, 1.82) is 5.26 Å². The largest absolute Gasteiger partial charge is 0.495 e. The zero-order chi connectivity index (χ0) is 24.6. The molecule has 0 amide bonds. The average molecular weight is 478 g/mol. The van der Waals surface area contributed by atoms with Gasteiger partial charge in [-0.25, -0.2) is 8.78 Å². The molecule has 35 heavy (non-hydrogen) atoms. The van der Waals surface area contributed by atoms with Gasteiger partial charge in [0.05, 0.1) is 43.2 Å². The second-order valence-corrected chi connectivity index (χ2v) is 9.00. The van der Waals surface area contributed by atoms with E-state index in [4.69, 9.17) is 9.47 Å². The van der Waals surface area contributed by atoms with Gasteiger partial charge in [0.1, 0.15) is 17.1 Å². The Balaban J connectivity index is 1.73. The summed E-state index contributed by atoms with van der Waals surface area (Å²) in [4.78, 5) is 4.22. The molecule has 0 bridgehead atoms. The number of aliphatic hydroxyl groups is 1. The van der Waals surface area contributed by atoms with Crippen LogP contribution in [0.3, 0.4) is 0 Å². The molecule has 180 valence electrons. The minimum absolute atomic E-state index is 0.246. The normalized spacial score (nSPS) is 26.6. The summed E-state index contributed by atoms with van der Waals surface area (Å²) in [5.41, 5.74) is -0.260. The summed E-state index contributed by atoms with van der Waals surface area (Å²) in [7, 11) is 1.51. The zero-order valence-corrected chi connectivity index (χ0v) is 19.1. The summed E-state index contributed by atoms with van der Waals surface area (Å²) >= 11 is 0. The standard InChI is InChI=1S/C27H25F2N3O3/c1-34-21-14-32-15-22-25(21)26(33)11-19(13-31-16-23(28)29)24(18-5-3-2-4-6-18)27(26,35-22)20-9-7-17(12-30)8-10-20/h2-10,14-15,19,23-24,31,33H,11,13,16H2,1H3/t19-,24-,26-,27+/m1/s1. The van der Waals surface area contributed by atoms with Crippen molar-refractivity contribution in [2.75, 3.05) is 20.2 Å². The van der Waals surface area contributed by atoms with Gasteiger partial charge in [-0.3, -0.25) is 4.98 Å². The maximum Gasteiger partial charge on any atom is 0.250 e. The number of ether oxygens (including phenoxy) is 2. The lowest BCUT2D eigenvalue weighted by atomic mass is 9.70. The van der Waals surface area contributed by atoms with Crippen molar-refractivity contribution >= 4 is 0 Å². The quantitative estimate of drug-likeness (QED) is 0.533. The monoisotopic (exact) mass is 477 g/mol. The van der Waals surface area contributed by atoms with Gasteiger partial charge >= 0.3 is 0 Å². The number of fused-ring (bicyclic) bond motifs is 3. The van der Waals surface area contributed by atoms with E-state index in [0.717, 1.165) is 5.56 Å². The molecule has 1 aliphatic carbocycles. The van der Waals surface area contributed by atoms with Crippen LogP contribution in [0.2, 0.25) is 0 Å². The lowest BCUT2D eigenvalue weighted by Gasteiger charge is -2.41. The second-order valence-electron chi connectivity index (χ2n) is 9.00. The highest BCUT2D eigenvalue weighted by atomic mass is 19.3. The van der Waals surface area contributed by atoms with Gasteiger partial charge in [-0.15, -0.1) is 0 Å². The maximum atomic E-state index is 13.0. The number of benzene rings is 2. The number of halogens is 2. The molecule has 0 unspecified atom stereocenters. The fourth-order valence-corrected chi connectivity index (χ4v) is 5.91. The van der Waals surface area contributed by atoms with Crippen LogP contribution in [0.15, 0.2) is 67.0 Å². The number of aromatic nitrogens is 1. The SMILES string of the molecule is COc1cncc2c1[C@]1(O)C[C@H](CNCC(F)F)[C@@H](c3ccccc3)[C@]1(c1ccc(C#N)cc1)O2. The van der Waals surface area contributed by atoms with Crippen LogP contribution in [0.1, 0.15) is 34.6 Å². The van der Waals surface area contributed by atoms with Crippen LogP contribution >= 0.6 is 0 Å². The molecule has 4 atom stereocenters. The van der Waals surface area contributed by atoms with Gasteiger partial charge in [-0.2, -0.15) is 5.26 Å². The van der Waals surface area contributed by atoms with E-state index in [2.05, 4.69) is 16.4 Å². The summed E-state index contributed by atoms with van der Waals surface area (Å²) in [5, 5.41) is 24.8. The molecule has 0 spiro atoms. The molecule has 6 nitrogen and oxygen atoms in total. The molecule has 2 aromatic carbocycles. The van der Waals surface area contributed by atoms with Crippen molar-refractivity contribution in [3.63, 3.8) is 0 Å². The number of nitrogens with one attached hydrogen (secondary N) is 1. The van der Waals surface area contributed by atoms with Gasteiger partial charge in [-0.05, 0) is 42.1 Å². The molecule has 0 radical (unpaired) electrons. The lowest BCUT2D eigenvalue weighted by molar-refractivity contribution is -0.106. The number of alkyl halides is 2. The van der Waals surface area contributed by atoms with Crippen LogP contribution in [0.5, 0.6) is 11.5 Å². The van der Waals surface area contributed by atoms with Crippen LogP contribution in [0, 0.1) is 17.2 Å². The van der Waals surface area contributed by atoms with E-state index in [1.54, 1.807) is 30.5 Å². The van der Waals surface area contributed by atoms with E-state index >= 15 is 0 Å². The van der Waals surface area contributed by atoms with Crippen molar-refractivity contribution in [1.82, 2.24) is 10.3 Å². The Hall–Kier alpha value is -3.54. The van der Waals surface area contributed by atoms with Gasteiger partial charge in [0, 0.05) is 5.92 Å². The Morgan fingerprint density at radius 2 is 1.94 bits per heavy atom. The smallest absolute Gasteiger partial charge is 0.250 e. The van der Waals surface area contributed by atoms with E-state index in [0.29, 0.717) is 28.2 Å². The van der Waals surface area contributed by atoms with Crippen LogP contribution in [-0.2, 0) is 11.2 Å². The van der Waals surface area contributed by atoms with Gasteiger partial charge < -0.3 is 19.9 Å². The van der Waals surface area contributed by atoms with Crippen molar-refractivity contribution in [3.05, 3.63) is 89.2 Å². The van der Waals surface area contributed by atoms with Crippen molar-refractivity contribution in [2.24, 2.45) is 5.92 Å². The molecule has 0 saturated heterocycles. The molecule has 1 fully saturated rings. The van der Waals surface area contributed by atoms with Gasteiger partial charge in [0.25, 0.3) is 6.43 Å². The predicted molar refractivity (Wildman–Crippen MR) is 124 cm³/mol. The zero-order valence-electron chi connectivity index (χ0n) is 19.1. The third-order valence-electron chi connectivity index (χ3n) is 7.17. The molecule has 2 N–H and O–H groups in total. The molecule has 1 aromatic heterocycles. The third kappa shape index (κ3) is 3.54. The van der Waals surface area contributed by atoms with Crippen molar-refractivity contribution in [3.8, 4) is 17.6 Å². The lowest BCUT2D eigenvalue weighted by Crippen LogP contribution is -2.48. The summed E-state index contributed by atoms with van der Waals surface area (Å²) < 4.78 is 38.2. The van der Waals surface area contributed by atoms with E-state index < -0.39 is 30.1 Å². The predicted octanol–water partition coefficient (Wildman–Crippen LogP) is 4.10. The second kappa shape index (κ2) is 8.91. The number of nitriles is 1. The number of methoxy groups -OCH3 is 1. The average Bonchev–Trinajstić information content (AvgIpc) is 3.27. The Bertz CT molecular complexity index is 1250.